The maximum atomic E-state index is 13.0. The van der Waals surface area contributed by atoms with E-state index in [0.29, 0.717) is 45.3 Å². The van der Waals surface area contributed by atoms with Crippen molar-refractivity contribution in [2.75, 3.05) is 11.1 Å². The maximum Gasteiger partial charge on any atom is 0.261 e. The zero-order valence-electron chi connectivity index (χ0n) is 14.3. The van der Waals surface area contributed by atoms with E-state index >= 15 is 0 Å². The molecule has 7 heteroatoms. The van der Waals surface area contributed by atoms with Crippen LogP contribution >= 0.6 is 11.6 Å². The highest BCUT2D eigenvalue weighted by Crippen LogP contribution is 2.28. The number of aromatic nitrogens is 3. The van der Waals surface area contributed by atoms with Gasteiger partial charge in [-0.15, -0.1) is 6.58 Å². The highest BCUT2D eigenvalue weighted by molar-refractivity contribution is 6.30. The van der Waals surface area contributed by atoms with E-state index in [0.717, 1.165) is 5.52 Å². The van der Waals surface area contributed by atoms with Crippen molar-refractivity contribution in [3.8, 4) is 0 Å². The number of hydrogen-bond acceptors (Lipinski definition) is 4. The number of anilines is 2. The average Bonchev–Trinajstić information content (AvgIpc) is 2.93. The number of allylic oxidation sites excluding steroid dienone is 1. The quantitative estimate of drug-likeness (QED) is 0.520. The minimum atomic E-state index is -0.354. The summed E-state index contributed by atoms with van der Waals surface area (Å²) in [7, 11) is 0. The van der Waals surface area contributed by atoms with Gasteiger partial charge in [-0.05, 0) is 36.4 Å². The number of nitrogen functional groups attached to an aromatic ring is 1. The van der Waals surface area contributed by atoms with Gasteiger partial charge in [0.2, 0.25) is 0 Å². The Morgan fingerprint density at radius 1 is 1.15 bits per heavy atom. The summed E-state index contributed by atoms with van der Waals surface area (Å²) in [6.45, 7) is 4.18. The van der Waals surface area contributed by atoms with Gasteiger partial charge in [0.05, 0.1) is 11.0 Å². The Morgan fingerprint density at radius 3 is 2.48 bits per heavy atom. The van der Waals surface area contributed by atoms with Crippen LogP contribution in [-0.4, -0.2) is 20.4 Å². The Kier molecular flexibility index (Phi) is 4.25. The second-order valence-electron chi connectivity index (χ2n) is 6.01. The predicted octanol–water partition coefficient (Wildman–Crippen LogP) is 4.26. The molecule has 0 saturated carbocycles. The first kappa shape index (κ1) is 17.1. The van der Waals surface area contributed by atoms with Crippen LogP contribution in [0.4, 0.5) is 11.5 Å². The molecular weight excluding hydrogens is 362 g/mol. The second-order valence-corrected chi connectivity index (χ2v) is 6.44. The molecule has 3 N–H and O–H groups in total. The number of carbonyl (C=O) groups is 1. The van der Waals surface area contributed by atoms with Crippen LogP contribution in [0.15, 0.2) is 61.2 Å². The van der Waals surface area contributed by atoms with Gasteiger partial charge in [-0.25, -0.2) is 9.97 Å². The van der Waals surface area contributed by atoms with Gasteiger partial charge < -0.3 is 15.6 Å². The molecule has 134 valence electrons. The summed E-state index contributed by atoms with van der Waals surface area (Å²) < 4.78 is 1.73. The van der Waals surface area contributed by atoms with Crippen molar-refractivity contribution in [2.24, 2.45) is 0 Å². The molecule has 0 fully saturated rings. The zero-order valence-corrected chi connectivity index (χ0v) is 15.1. The van der Waals surface area contributed by atoms with E-state index in [4.69, 9.17) is 17.3 Å². The van der Waals surface area contributed by atoms with Crippen molar-refractivity contribution in [3.05, 3.63) is 71.8 Å². The van der Waals surface area contributed by atoms with Gasteiger partial charge in [-0.3, -0.25) is 4.79 Å². The van der Waals surface area contributed by atoms with Crippen molar-refractivity contribution < 1.29 is 4.79 Å². The van der Waals surface area contributed by atoms with Crippen LogP contribution in [-0.2, 0) is 6.54 Å². The topological polar surface area (TPSA) is 85.8 Å². The first-order valence-electron chi connectivity index (χ1n) is 8.30. The highest BCUT2D eigenvalue weighted by atomic mass is 35.5. The molecule has 2 aromatic heterocycles. The molecule has 0 spiro atoms. The number of rotatable bonds is 4. The molecule has 27 heavy (non-hydrogen) atoms. The average molecular weight is 378 g/mol. The van der Waals surface area contributed by atoms with E-state index in [1.54, 1.807) is 34.9 Å². The normalized spacial score (nSPS) is 11.0. The minimum Gasteiger partial charge on any atom is -0.384 e. The van der Waals surface area contributed by atoms with Gasteiger partial charge in [-0.2, -0.15) is 0 Å². The maximum absolute atomic E-state index is 13.0. The number of hydrogen-bond donors (Lipinski definition) is 2. The highest BCUT2D eigenvalue weighted by Gasteiger charge is 2.23. The van der Waals surface area contributed by atoms with Gasteiger partial charge in [0.15, 0.2) is 5.65 Å². The number of amides is 1. The number of benzene rings is 2. The van der Waals surface area contributed by atoms with E-state index in [1.165, 1.54) is 0 Å². The van der Waals surface area contributed by atoms with Crippen LogP contribution in [0.2, 0.25) is 5.02 Å². The summed E-state index contributed by atoms with van der Waals surface area (Å²) in [5.74, 6) is -0.0566. The van der Waals surface area contributed by atoms with Crippen LogP contribution in [0.25, 0.3) is 22.2 Å². The van der Waals surface area contributed by atoms with E-state index in [-0.39, 0.29) is 5.91 Å². The summed E-state index contributed by atoms with van der Waals surface area (Å²) >= 11 is 5.90. The van der Waals surface area contributed by atoms with E-state index in [1.807, 2.05) is 24.3 Å². The van der Waals surface area contributed by atoms with Crippen molar-refractivity contribution in [2.45, 2.75) is 6.54 Å². The minimum absolute atomic E-state index is 0.292. The summed E-state index contributed by atoms with van der Waals surface area (Å²) in [5.41, 5.74) is 9.64. The molecule has 2 aromatic carbocycles. The number of fused-ring (bicyclic) bond motifs is 2. The van der Waals surface area contributed by atoms with Gasteiger partial charge in [0.1, 0.15) is 16.9 Å². The molecule has 0 aliphatic rings. The van der Waals surface area contributed by atoms with Crippen LogP contribution in [0.3, 0.4) is 0 Å². The van der Waals surface area contributed by atoms with E-state index in [2.05, 4.69) is 21.9 Å². The molecular formula is C20H16ClN5O. The van der Waals surface area contributed by atoms with Gasteiger partial charge in [0.25, 0.3) is 5.91 Å². The third kappa shape index (κ3) is 3.00. The van der Waals surface area contributed by atoms with Crippen molar-refractivity contribution in [3.63, 3.8) is 0 Å². The molecule has 4 rings (SSSR count). The summed E-state index contributed by atoms with van der Waals surface area (Å²) in [6, 6.07) is 14.3. The molecule has 0 unspecified atom stereocenters. The Balaban J connectivity index is 1.88. The third-order valence-corrected chi connectivity index (χ3v) is 4.48. The summed E-state index contributed by atoms with van der Waals surface area (Å²) in [4.78, 5) is 22.2. The molecule has 0 aliphatic heterocycles. The molecule has 4 aromatic rings. The monoisotopic (exact) mass is 377 g/mol. The van der Waals surface area contributed by atoms with Gasteiger partial charge in [-0.1, -0.05) is 29.8 Å². The molecule has 0 saturated heterocycles. The van der Waals surface area contributed by atoms with E-state index in [9.17, 15) is 4.79 Å². The van der Waals surface area contributed by atoms with Crippen LogP contribution < -0.4 is 11.1 Å². The smallest absolute Gasteiger partial charge is 0.261 e. The first-order chi connectivity index (χ1) is 13.1. The largest absolute Gasteiger partial charge is 0.384 e. The lowest BCUT2D eigenvalue weighted by Gasteiger charge is -2.06. The van der Waals surface area contributed by atoms with Gasteiger partial charge >= 0.3 is 0 Å². The zero-order chi connectivity index (χ0) is 19.0. The summed E-state index contributed by atoms with van der Waals surface area (Å²) in [6.07, 6.45) is 1.70. The molecule has 0 aliphatic carbocycles. The Labute approximate surface area is 160 Å². The van der Waals surface area contributed by atoms with Crippen molar-refractivity contribution >= 4 is 51.2 Å². The number of nitrogens with zero attached hydrogens (tertiary/aromatic N) is 3. The lowest BCUT2D eigenvalue weighted by Crippen LogP contribution is -2.14. The Hall–Kier alpha value is -3.38. The number of carbonyl (C=O) groups excluding carboxylic acids is 1. The first-order valence-corrected chi connectivity index (χ1v) is 8.68. The standard InChI is InChI=1S/C20H16ClN5O/c1-2-11-26-18(22)16(20(27)23-13-9-7-12(21)8-10-13)17-19(26)25-15-6-4-3-5-14(15)24-17/h2-10H,1,11,22H2,(H,23,27). The molecule has 0 radical (unpaired) electrons. The Morgan fingerprint density at radius 2 is 1.81 bits per heavy atom. The molecule has 6 nitrogen and oxygen atoms in total. The predicted molar refractivity (Wildman–Crippen MR) is 109 cm³/mol. The van der Waals surface area contributed by atoms with Crippen LogP contribution in [0.1, 0.15) is 10.4 Å². The fraction of sp³-hybridized carbons (Fsp3) is 0.0500. The van der Waals surface area contributed by atoms with Crippen molar-refractivity contribution in [1.29, 1.82) is 0 Å². The van der Waals surface area contributed by atoms with Crippen LogP contribution in [0.5, 0.6) is 0 Å². The fourth-order valence-corrected chi connectivity index (χ4v) is 3.11. The lowest BCUT2D eigenvalue weighted by molar-refractivity contribution is 0.102. The molecule has 1 amide bonds. The number of nitrogens with two attached hydrogens (primary N) is 1. The lowest BCUT2D eigenvalue weighted by atomic mass is 10.2. The Bertz CT molecular complexity index is 1180. The van der Waals surface area contributed by atoms with Crippen molar-refractivity contribution in [1.82, 2.24) is 14.5 Å². The SMILES string of the molecule is C=CCn1c(N)c(C(=O)Nc2ccc(Cl)cc2)c2nc3ccccc3nc21. The molecule has 0 atom stereocenters. The number of para-hydroxylation sites is 2. The molecule has 2 heterocycles. The number of halogens is 1. The van der Waals surface area contributed by atoms with E-state index < -0.39 is 0 Å². The van der Waals surface area contributed by atoms with Gasteiger partial charge in [0, 0.05) is 17.3 Å². The second kappa shape index (κ2) is 6.74. The number of nitrogens with one attached hydrogen (secondary N) is 1. The fourth-order valence-electron chi connectivity index (χ4n) is 2.98. The molecule has 0 bridgehead atoms. The van der Waals surface area contributed by atoms with Crippen LogP contribution in [0, 0.1) is 0 Å². The third-order valence-electron chi connectivity index (χ3n) is 4.23. The summed E-state index contributed by atoms with van der Waals surface area (Å²) in [5, 5.41) is 3.43.